The number of aliphatic hydroxyl groups excluding tert-OH is 1. The molecule has 8 heteroatoms. The Kier molecular flexibility index (Phi) is 8.99. The van der Waals surface area contributed by atoms with E-state index < -0.39 is 16.4 Å². The number of allylic oxidation sites excluding steroid dienone is 4. The second kappa shape index (κ2) is 14.8. The van der Waals surface area contributed by atoms with Gasteiger partial charge in [-0.3, -0.25) is 9.69 Å². The molecule has 9 bridgehead atoms. The maximum Gasteiger partial charge on any atom is 0.339 e. The third-order valence-corrected chi connectivity index (χ3v) is 26.5. The topological polar surface area (TPSA) is 105 Å². The van der Waals surface area contributed by atoms with Gasteiger partial charge in [-0.15, -0.1) is 0 Å². The molecule has 9 aliphatic carbocycles. The molecule has 16 unspecified atom stereocenters. The zero-order valence-corrected chi connectivity index (χ0v) is 43.4. The van der Waals surface area contributed by atoms with Gasteiger partial charge in [0.15, 0.2) is 11.4 Å². The summed E-state index contributed by atoms with van der Waals surface area (Å²) >= 11 is 0. The smallest absolute Gasteiger partial charge is 0.339 e. The highest BCUT2D eigenvalue weighted by molar-refractivity contribution is 6.00. The highest BCUT2D eigenvalue weighted by atomic mass is 16.6. The first-order valence-electron chi connectivity index (χ1n) is 30.6. The Hall–Kier alpha value is -3.36. The second-order valence-electron chi connectivity index (χ2n) is 28.4. The van der Waals surface area contributed by atoms with Crippen molar-refractivity contribution in [2.24, 2.45) is 86.6 Å². The summed E-state index contributed by atoms with van der Waals surface area (Å²) in [5.74, 6) is 3.86. The first kappa shape index (κ1) is 43.8. The molecule has 3 N–H and O–H groups in total. The molecule has 0 radical (unpaired) electrons. The van der Waals surface area contributed by atoms with Crippen molar-refractivity contribution < 1.29 is 24.2 Å². The summed E-state index contributed by atoms with van der Waals surface area (Å²) in [5, 5.41) is 14.2. The summed E-state index contributed by atoms with van der Waals surface area (Å²) < 4.78 is 15.0. The number of hydrogen-bond donors (Lipinski definition) is 2. The van der Waals surface area contributed by atoms with Crippen molar-refractivity contribution in [3.8, 4) is 0 Å². The van der Waals surface area contributed by atoms with E-state index in [0.717, 1.165) is 62.6 Å². The molecule has 7 heterocycles. The van der Waals surface area contributed by atoms with Gasteiger partial charge in [0.05, 0.1) is 11.0 Å². The van der Waals surface area contributed by atoms with Crippen LogP contribution in [0.25, 0.3) is 0 Å². The predicted octanol–water partition coefficient (Wildman–Crippen LogP) is 12.1. The van der Waals surface area contributed by atoms with Gasteiger partial charge in [0.25, 0.3) is 0 Å². The SMILES string of the molecule is CC1CC2=C3C4C5=C6C7CC14CCC7=CC(C1CCCCC1)CC1C64C(=O)OC(=C(O)C6CCC7C8CC(CN7C6C6CCC7(CCCC7)C6)C(CC2)N3C8)C4(CC5)C12OC(=O)c1c(CCCN)cccc12. The van der Waals surface area contributed by atoms with Crippen LogP contribution in [0.15, 0.2) is 63.8 Å². The lowest BCUT2D eigenvalue weighted by molar-refractivity contribution is -0.284. The molecule has 5 spiro atoms. The molecule has 4 saturated heterocycles. The van der Waals surface area contributed by atoms with Crippen molar-refractivity contribution in [2.75, 3.05) is 19.6 Å². The Morgan fingerprint density at radius 3 is 2.56 bits per heavy atom. The summed E-state index contributed by atoms with van der Waals surface area (Å²) in [6.07, 6.45) is 32.8. The van der Waals surface area contributed by atoms with Crippen LogP contribution in [0.5, 0.6) is 0 Å². The molecule has 9 fully saturated rings. The fraction of sp³-hybridized carbons (Fsp3) is 0.750. The maximum absolute atomic E-state index is 16.8. The van der Waals surface area contributed by atoms with Crippen LogP contribution < -0.4 is 5.73 Å². The number of esters is 2. The van der Waals surface area contributed by atoms with Crippen LogP contribution in [-0.4, -0.2) is 64.6 Å². The molecule has 16 aliphatic rings. The van der Waals surface area contributed by atoms with E-state index in [-0.39, 0.29) is 41.1 Å². The Morgan fingerprint density at radius 1 is 0.833 bits per heavy atom. The quantitative estimate of drug-likeness (QED) is 0.222. The van der Waals surface area contributed by atoms with E-state index in [1.54, 1.807) is 22.4 Å². The minimum atomic E-state index is -1.13. The molecule has 16 atom stereocenters. The number of rotatable bonds is 5. The third kappa shape index (κ3) is 4.96. The van der Waals surface area contributed by atoms with Gasteiger partial charge >= 0.3 is 11.9 Å². The minimum Gasteiger partial charge on any atom is -0.508 e. The summed E-state index contributed by atoms with van der Waals surface area (Å²) in [6, 6.07) is 7.82. The number of piperidine rings is 3. The van der Waals surface area contributed by atoms with Crippen LogP contribution in [0.3, 0.4) is 0 Å². The van der Waals surface area contributed by atoms with Gasteiger partial charge in [-0.05, 0) is 199 Å². The van der Waals surface area contributed by atoms with Crippen LogP contribution in [-0.2, 0) is 26.3 Å². The number of aryl methyl sites for hydroxylation is 1. The number of benzene rings is 1. The summed E-state index contributed by atoms with van der Waals surface area (Å²) in [4.78, 5) is 38.4. The zero-order chi connectivity index (χ0) is 47.8. The molecule has 7 aliphatic heterocycles. The van der Waals surface area contributed by atoms with Crippen molar-refractivity contribution in [3.63, 3.8) is 0 Å². The lowest BCUT2D eigenvalue weighted by atomic mass is 9.26. The first-order valence-corrected chi connectivity index (χ1v) is 30.6. The number of carbonyl (C=O) groups excluding carboxylic acids is 2. The fourth-order valence-electron chi connectivity index (χ4n) is 24.2. The van der Waals surface area contributed by atoms with Crippen LogP contribution >= 0.6 is 0 Å². The molecule has 72 heavy (non-hydrogen) atoms. The van der Waals surface area contributed by atoms with Crippen molar-refractivity contribution in [2.45, 2.75) is 198 Å². The lowest BCUT2D eigenvalue weighted by Gasteiger charge is -2.74. The first-order chi connectivity index (χ1) is 35.2. The highest BCUT2D eigenvalue weighted by Crippen LogP contribution is 2.89. The van der Waals surface area contributed by atoms with E-state index in [4.69, 9.17) is 15.2 Å². The van der Waals surface area contributed by atoms with Crippen LogP contribution in [0, 0.1) is 80.8 Å². The molecule has 8 nitrogen and oxygen atoms in total. The zero-order valence-electron chi connectivity index (χ0n) is 43.4. The van der Waals surface area contributed by atoms with E-state index >= 15 is 9.59 Å². The van der Waals surface area contributed by atoms with Crippen LogP contribution in [0.4, 0.5) is 0 Å². The molecular formula is C64H81N3O5. The average molecular weight is 972 g/mol. The molecule has 1 aromatic carbocycles. The molecular weight excluding hydrogens is 891 g/mol. The van der Waals surface area contributed by atoms with Crippen LogP contribution in [0.2, 0.25) is 0 Å². The molecule has 0 aromatic heterocycles. The average Bonchev–Trinajstić information content (AvgIpc) is 4.18. The van der Waals surface area contributed by atoms with Crippen molar-refractivity contribution in [3.05, 3.63) is 80.5 Å². The molecule has 17 rings (SSSR count). The van der Waals surface area contributed by atoms with Gasteiger partial charge in [0.1, 0.15) is 11.2 Å². The van der Waals surface area contributed by atoms with Crippen molar-refractivity contribution >= 4 is 11.9 Å². The Morgan fingerprint density at radius 2 is 1.69 bits per heavy atom. The number of hydrogen-bond acceptors (Lipinski definition) is 8. The van der Waals surface area contributed by atoms with Gasteiger partial charge in [0.2, 0.25) is 0 Å². The van der Waals surface area contributed by atoms with Gasteiger partial charge in [0, 0.05) is 66.1 Å². The summed E-state index contributed by atoms with van der Waals surface area (Å²) in [5.41, 5.74) is 14.5. The summed E-state index contributed by atoms with van der Waals surface area (Å²) in [6.45, 7) is 5.52. The van der Waals surface area contributed by atoms with E-state index in [1.807, 2.05) is 0 Å². The van der Waals surface area contributed by atoms with E-state index in [1.165, 1.54) is 121 Å². The Bertz CT molecular complexity index is 2740. The fourth-order valence-corrected chi connectivity index (χ4v) is 24.2. The van der Waals surface area contributed by atoms with Gasteiger partial charge in [-0.2, -0.15) is 0 Å². The summed E-state index contributed by atoms with van der Waals surface area (Å²) in [7, 11) is 0. The van der Waals surface area contributed by atoms with Gasteiger partial charge in [-0.1, -0.05) is 80.0 Å². The number of nitrogens with zero attached hydrogens (tertiary/aromatic N) is 2. The second-order valence-corrected chi connectivity index (χ2v) is 28.4. The molecule has 1 aromatic rings. The van der Waals surface area contributed by atoms with Crippen LogP contribution in [0.1, 0.15) is 189 Å². The molecule has 382 valence electrons. The van der Waals surface area contributed by atoms with E-state index in [2.05, 4.69) is 41.0 Å². The Balaban J connectivity index is 0.972. The maximum atomic E-state index is 16.8. The third-order valence-electron chi connectivity index (χ3n) is 26.5. The normalized spacial score (nSPS) is 47.6. The highest BCUT2D eigenvalue weighted by Gasteiger charge is 2.94. The number of nitrogens with two attached hydrogens (primary N) is 1. The van der Waals surface area contributed by atoms with Crippen molar-refractivity contribution in [1.82, 2.24) is 9.80 Å². The standard InChI is InChI=1S/C64H81N3O5/c1-35-27-39-14-16-48-42-29-43-34-67(48)55(39)53-44-20-25-62-57(56(68)45-15-17-49(43)66(33-42)54(45)40-18-23-60(31-40)21-5-6-22-60)71-59(70)63(62)50(64(62)47-13-7-11-37(12-8-26-65)51(47)58(69)72-64)30-41(36-9-3-2-4-10-36)28-38-19-24-61(35,53)32-46(38)52(44)63/h7,11,13,28,35-36,40-43,45-46,48-50,53-54,68H,2-6,8-10,12,14-27,29-34,65H2,1H3. The number of aliphatic hydroxyl groups is 1. The predicted molar refractivity (Wildman–Crippen MR) is 275 cm³/mol. The van der Waals surface area contributed by atoms with Gasteiger partial charge < -0.3 is 25.2 Å². The van der Waals surface area contributed by atoms with E-state index in [0.29, 0.717) is 95.4 Å². The van der Waals surface area contributed by atoms with Gasteiger partial charge in [-0.25, -0.2) is 4.79 Å². The van der Waals surface area contributed by atoms with E-state index in [9.17, 15) is 5.11 Å². The molecule has 0 amide bonds. The van der Waals surface area contributed by atoms with Crippen molar-refractivity contribution in [1.29, 1.82) is 0 Å². The molecule has 5 saturated carbocycles. The largest absolute Gasteiger partial charge is 0.508 e. The Labute approximate surface area is 428 Å². The number of fused-ring (bicyclic) bond motifs is 8. The number of ether oxygens (including phenoxy) is 2. The lowest BCUT2D eigenvalue weighted by Crippen LogP contribution is -2.78. The minimum absolute atomic E-state index is 0.109. The number of carbonyl (C=O) groups is 2. The monoisotopic (exact) mass is 972 g/mol.